The van der Waals surface area contributed by atoms with Gasteiger partial charge in [0.1, 0.15) is 22.4 Å². The number of benzene rings is 1. The number of piperidine rings is 1. The summed E-state index contributed by atoms with van der Waals surface area (Å²) in [5.74, 6) is -0.911. The largest absolute Gasteiger partial charge is 0.459 e. The zero-order valence-corrected chi connectivity index (χ0v) is 25.3. The molecular weight excluding hydrogens is 546 g/mol. The van der Waals surface area contributed by atoms with Gasteiger partial charge in [-0.2, -0.15) is 13.2 Å². The lowest BCUT2D eigenvalue weighted by atomic mass is 9.95. The van der Waals surface area contributed by atoms with Crippen LogP contribution in [0.3, 0.4) is 0 Å². The van der Waals surface area contributed by atoms with E-state index in [2.05, 4.69) is 4.90 Å². The Morgan fingerprint density at radius 1 is 1.02 bits per heavy atom. The van der Waals surface area contributed by atoms with E-state index >= 15 is 0 Å². The van der Waals surface area contributed by atoms with Gasteiger partial charge in [0.15, 0.2) is 4.75 Å². The van der Waals surface area contributed by atoms with Crippen molar-refractivity contribution in [1.82, 2.24) is 9.21 Å². The molecule has 1 aliphatic carbocycles. The lowest BCUT2D eigenvalue weighted by Crippen LogP contribution is -2.60. The number of esters is 1. The fourth-order valence-electron chi connectivity index (χ4n) is 5.29. The van der Waals surface area contributed by atoms with E-state index in [4.69, 9.17) is 4.74 Å². The number of rotatable bonds is 8. The minimum atomic E-state index is -4.24. The molecule has 228 valence electrons. The molecule has 3 fully saturated rings. The second kappa shape index (κ2) is 13.5. The topological polar surface area (TPSA) is 53.1 Å². The van der Waals surface area contributed by atoms with Crippen LogP contribution < -0.4 is 4.90 Å². The number of carbonyl (C=O) groups is 1. The summed E-state index contributed by atoms with van der Waals surface area (Å²) in [6, 6.07) is 5.23. The smallest absolute Gasteiger partial charge is 0.389 e. The fourth-order valence-corrected chi connectivity index (χ4v) is 6.99. The van der Waals surface area contributed by atoms with E-state index in [1.165, 1.54) is 18.9 Å². The highest BCUT2D eigenvalue weighted by Gasteiger charge is 2.52. The Hall–Kier alpha value is -1.72. The third-order valence-electron chi connectivity index (χ3n) is 7.56. The molecular formula is C29H45F4N3O3S. The van der Waals surface area contributed by atoms with Crippen LogP contribution in [-0.4, -0.2) is 81.2 Å². The van der Waals surface area contributed by atoms with Crippen molar-refractivity contribution in [2.45, 2.75) is 102 Å². The van der Waals surface area contributed by atoms with Crippen LogP contribution >= 0.6 is 0 Å². The second-order valence-corrected chi connectivity index (χ2v) is 13.5. The van der Waals surface area contributed by atoms with Crippen LogP contribution in [0.4, 0.5) is 23.2 Å². The molecule has 2 heterocycles. The predicted molar refractivity (Wildman–Crippen MR) is 151 cm³/mol. The van der Waals surface area contributed by atoms with Crippen LogP contribution in [0.5, 0.6) is 0 Å². The molecule has 11 heteroatoms. The summed E-state index contributed by atoms with van der Waals surface area (Å²) >= 11 is 0. The Morgan fingerprint density at radius 3 is 2.12 bits per heavy atom. The highest BCUT2D eigenvalue weighted by Crippen LogP contribution is 2.38. The molecule has 2 saturated heterocycles. The quantitative estimate of drug-likeness (QED) is 0.280. The Labute approximate surface area is 239 Å². The molecule has 0 radical (unpaired) electrons. The number of ether oxygens (including phenoxy) is 1. The first-order valence-electron chi connectivity index (χ1n) is 14.5. The zero-order valence-electron chi connectivity index (χ0n) is 24.5. The lowest BCUT2D eigenvalue weighted by molar-refractivity contribution is -0.159. The van der Waals surface area contributed by atoms with Crippen LogP contribution in [0.25, 0.3) is 0 Å². The number of hydrogen-bond donors (Lipinski definition) is 0. The Balaban J connectivity index is 0.00000216. The zero-order chi connectivity index (χ0) is 29.7. The summed E-state index contributed by atoms with van der Waals surface area (Å²) in [5, 5.41) is 0. The number of nitrogens with zero attached hydrogens (tertiary/aromatic N) is 3. The van der Waals surface area contributed by atoms with Gasteiger partial charge in [-0.15, -0.1) is 0 Å². The standard InChI is InChI=1S/C27H39F4N3O3S.C2H6/c1-25(2,3)37-24(35)26(11-13-32(14-12-26)21-8-9-21)38(36)34-17-15-33(16-18-34)22-7-6-20(23(28)19-22)5-4-10-27(29,30)31;1-2/h6-7,19,21H,4-5,8-18H2,1-3H3;1-2H3. The first kappa shape index (κ1) is 32.8. The van der Waals surface area contributed by atoms with E-state index in [0.29, 0.717) is 50.7 Å². The van der Waals surface area contributed by atoms with Gasteiger partial charge in [-0.25, -0.2) is 12.9 Å². The van der Waals surface area contributed by atoms with E-state index in [0.717, 1.165) is 13.1 Å². The summed E-state index contributed by atoms with van der Waals surface area (Å²) in [6.45, 7) is 12.8. The van der Waals surface area contributed by atoms with Crippen LogP contribution in [-0.2, 0) is 26.9 Å². The number of aryl methyl sites for hydroxylation is 1. The van der Waals surface area contributed by atoms with Gasteiger partial charge < -0.3 is 14.5 Å². The summed E-state index contributed by atoms with van der Waals surface area (Å²) in [7, 11) is -1.58. The molecule has 0 N–H and O–H groups in total. The van der Waals surface area contributed by atoms with Gasteiger partial charge in [0.25, 0.3) is 0 Å². The van der Waals surface area contributed by atoms with Crippen LogP contribution in [0.1, 0.15) is 78.7 Å². The van der Waals surface area contributed by atoms with Gasteiger partial charge in [0, 0.05) is 57.4 Å². The average Bonchev–Trinajstić information content (AvgIpc) is 3.74. The van der Waals surface area contributed by atoms with E-state index < -0.39 is 45.7 Å². The van der Waals surface area contributed by atoms with Crippen molar-refractivity contribution in [2.75, 3.05) is 44.2 Å². The van der Waals surface area contributed by atoms with Crippen molar-refractivity contribution in [3.8, 4) is 0 Å². The van der Waals surface area contributed by atoms with E-state index in [1.807, 2.05) is 43.8 Å². The maximum Gasteiger partial charge on any atom is 0.389 e. The maximum atomic E-state index is 14.6. The van der Waals surface area contributed by atoms with Crippen LogP contribution in [0.2, 0.25) is 0 Å². The van der Waals surface area contributed by atoms with Gasteiger partial charge in [-0.3, -0.25) is 4.79 Å². The summed E-state index contributed by atoms with van der Waals surface area (Å²) < 4.78 is 72.4. The Bertz CT molecular complexity index is 1010. The number of halogens is 4. The number of likely N-dealkylation sites (tertiary alicyclic amines) is 1. The number of carbonyl (C=O) groups excluding carboxylic acids is 1. The number of anilines is 1. The molecule has 0 amide bonds. The van der Waals surface area contributed by atoms with Gasteiger partial charge in [-0.05, 0) is 77.0 Å². The van der Waals surface area contributed by atoms with Crippen LogP contribution in [0.15, 0.2) is 18.2 Å². The molecule has 0 bridgehead atoms. The van der Waals surface area contributed by atoms with Crippen molar-refractivity contribution in [3.05, 3.63) is 29.6 Å². The first-order valence-corrected chi connectivity index (χ1v) is 15.6. The highest BCUT2D eigenvalue weighted by molar-refractivity contribution is 7.85. The molecule has 1 atom stereocenters. The van der Waals surface area contributed by atoms with Gasteiger partial charge >= 0.3 is 12.1 Å². The SMILES string of the molecule is CC.CC(C)(C)OC(=O)C1(S(=O)N2CCN(c3ccc(CCCC(F)(F)F)c(F)c3)CC2)CCN(C2CC2)CC1. The van der Waals surface area contributed by atoms with Crippen molar-refractivity contribution in [3.63, 3.8) is 0 Å². The molecule has 40 heavy (non-hydrogen) atoms. The predicted octanol–water partition coefficient (Wildman–Crippen LogP) is 5.86. The fraction of sp³-hybridized carbons (Fsp3) is 0.759. The Morgan fingerprint density at radius 2 is 1.62 bits per heavy atom. The minimum absolute atomic E-state index is 0.0311. The number of hydrogen-bond acceptors (Lipinski definition) is 5. The molecule has 0 spiro atoms. The monoisotopic (exact) mass is 591 g/mol. The van der Waals surface area contributed by atoms with E-state index in [1.54, 1.807) is 12.1 Å². The van der Waals surface area contributed by atoms with E-state index in [-0.39, 0.29) is 18.4 Å². The Kier molecular flexibility index (Phi) is 11.1. The molecule has 1 aromatic carbocycles. The molecule has 1 aromatic rings. The normalized spacial score (nSPS) is 21.4. The third kappa shape index (κ3) is 8.64. The third-order valence-corrected chi connectivity index (χ3v) is 9.63. The second-order valence-electron chi connectivity index (χ2n) is 11.7. The molecule has 6 nitrogen and oxygen atoms in total. The van der Waals surface area contributed by atoms with Gasteiger partial charge in [-0.1, -0.05) is 19.9 Å². The molecule has 0 aromatic heterocycles. The first-order chi connectivity index (χ1) is 18.8. The molecule has 3 aliphatic rings. The molecule has 2 aliphatic heterocycles. The van der Waals surface area contributed by atoms with Gasteiger partial charge in [0.05, 0.1) is 0 Å². The lowest BCUT2D eigenvalue weighted by Gasteiger charge is -2.44. The van der Waals surface area contributed by atoms with Gasteiger partial charge in [0.2, 0.25) is 0 Å². The van der Waals surface area contributed by atoms with E-state index in [9.17, 15) is 26.6 Å². The molecule has 4 rings (SSSR count). The van der Waals surface area contributed by atoms with Crippen molar-refractivity contribution in [2.24, 2.45) is 0 Å². The molecule has 1 saturated carbocycles. The van der Waals surface area contributed by atoms with Crippen molar-refractivity contribution in [1.29, 1.82) is 0 Å². The number of alkyl halides is 3. The minimum Gasteiger partial charge on any atom is -0.459 e. The average molecular weight is 592 g/mol. The summed E-state index contributed by atoms with van der Waals surface area (Å²) in [4.78, 5) is 17.8. The summed E-state index contributed by atoms with van der Waals surface area (Å²) in [6.07, 6.45) is -1.95. The molecule has 1 unspecified atom stereocenters. The van der Waals surface area contributed by atoms with Crippen molar-refractivity contribution >= 4 is 22.6 Å². The number of piperazine rings is 1. The van der Waals surface area contributed by atoms with Crippen LogP contribution in [0, 0.1) is 5.82 Å². The van der Waals surface area contributed by atoms with Crippen molar-refractivity contribution < 1.29 is 31.3 Å². The summed E-state index contributed by atoms with van der Waals surface area (Å²) in [5.41, 5.74) is 0.241. The highest BCUT2D eigenvalue weighted by atomic mass is 32.2. The maximum absolute atomic E-state index is 14.6.